The SMILES string of the molecule is Cc1ccc(F)c(-c2nnc(CCl)n2CC(C)C)c1F. The summed E-state index contributed by atoms with van der Waals surface area (Å²) in [5.41, 5.74) is 0.224. The monoisotopic (exact) mass is 299 g/mol. The number of rotatable bonds is 4. The summed E-state index contributed by atoms with van der Waals surface area (Å²) in [6.45, 7) is 6.15. The van der Waals surface area contributed by atoms with Gasteiger partial charge in [-0.2, -0.15) is 0 Å². The lowest BCUT2D eigenvalue weighted by Gasteiger charge is -2.13. The van der Waals surface area contributed by atoms with Crippen LogP contribution >= 0.6 is 11.6 Å². The molecule has 0 bridgehead atoms. The van der Waals surface area contributed by atoms with Gasteiger partial charge in [0.1, 0.15) is 17.5 Å². The molecule has 3 nitrogen and oxygen atoms in total. The highest BCUT2D eigenvalue weighted by atomic mass is 35.5. The van der Waals surface area contributed by atoms with Crippen LogP contribution in [-0.2, 0) is 12.4 Å². The summed E-state index contributed by atoms with van der Waals surface area (Å²) in [4.78, 5) is 0. The zero-order valence-electron chi connectivity index (χ0n) is 11.6. The molecule has 2 rings (SSSR count). The third-order valence-corrected chi connectivity index (χ3v) is 3.24. The molecule has 0 unspecified atom stereocenters. The minimum Gasteiger partial charge on any atom is -0.310 e. The molecule has 6 heteroatoms. The Balaban J connectivity index is 2.64. The molecule has 0 atom stereocenters. The van der Waals surface area contributed by atoms with Gasteiger partial charge in [0.2, 0.25) is 0 Å². The highest BCUT2D eigenvalue weighted by molar-refractivity contribution is 6.16. The number of hydrogen-bond donors (Lipinski definition) is 0. The van der Waals surface area contributed by atoms with E-state index in [1.165, 1.54) is 12.1 Å². The van der Waals surface area contributed by atoms with E-state index >= 15 is 0 Å². The summed E-state index contributed by atoms with van der Waals surface area (Å²) in [6, 6.07) is 2.64. The van der Waals surface area contributed by atoms with E-state index in [2.05, 4.69) is 10.2 Å². The van der Waals surface area contributed by atoms with Gasteiger partial charge in [-0.15, -0.1) is 21.8 Å². The van der Waals surface area contributed by atoms with E-state index in [0.717, 1.165) is 0 Å². The quantitative estimate of drug-likeness (QED) is 0.801. The van der Waals surface area contributed by atoms with Crippen molar-refractivity contribution in [3.05, 3.63) is 35.2 Å². The Morgan fingerprint density at radius 3 is 2.55 bits per heavy atom. The van der Waals surface area contributed by atoms with Crippen LogP contribution in [0.15, 0.2) is 12.1 Å². The van der Waals surface area contributed by atoms with Gasteiger partial charge >= 0.3 is 0 Å². The first-order chi connectivity index (χ1) is 9.45. The van der Waals surface area contributed by atoms with Crippen LogP contribution in [0.5, 0.6) is 0 Å². The Hall–Kier alpha value is -1.49. The molecule has 1 aromatic heterocycles. The van der Waals surface area contributed by atoms with Crippen LogP contribution in [0.4, 0.5) is 8.78 Å². The van der Waals surface area contributed by atoms with Gasteiger partial charge in [-0.1, -0.05) is 19.9 Å². The molecule has 0 saturated carbocycles. The van der Waals surface area contributed by atoms with Crippen molar-refractivity contribution in [2.75, 3.05) is 0 Å². The Bertz CT molecular complexity index is 623. The van der Waals surface area contributed by atoms with E-state index in [1.807, 2.05) is 13.8 Å². The van der Waals surface area contributed by atoms with E-state index in [-0.39, 0.29) is 23.2 Å². The second-order valence-electron chi connectivity index (χ2n) is 5.13. The third-order valence-electron chi connectivity index (χ3n) is 3.00. The standard InChI is InChI=1S/C14H16ClF2N3/c1-8(2)7-20-11(6-15)18-19-14(20)12-10(16)5-4-9(3)13(12)17/h4-5,8H,6-7H2,1-3H3. The number of alkyl halides is 1. The van der Waals surface area contributed by atoms with E-state index in [0.29, 0.717) is 17.9 Å². The molecule has 0 aliphatic heterocycles. The maximum absolute atomic E-state index is 14.2. The van der Waals surface area contributed by atoms with Gasteiger partial charge in [-0.05, 0) is 24.5 Å². The van der Waals surface area contributed by atoms with Crippen molar-refractivity contribution in [2.24, 2.45) is 5.92 Å². The molecule has 0 fully saturated rings. The number of benzene rings is 1. The summed E-state index contributed by atoms with van der Waals surface area (Å²) >= 11 is 5.82. The van der Waals surface area contributed by atoms with Gasteiger partial charge in [0.05, 0.1) is 11.4 Å². The first kappa shape index (κ1) is 14.9. The molecule has 0 N–H and O–H groups in total. The minimum absolute atomic E-state index is 0.144. The number of aryl methyl sites for hydroxylation is 1. The van der Waals surface area contributed by atoms with Crippen LogP contribution in [-0.4, -0.2) is 14.8 Å². The second kappa shape index (κ2) is 5.87. The Morgan fingerprint density at radius 1 is 1.25 bits per heavy atom. The van der Waals surface area contributed by atoms with Crippen molar-refractivity contribution in [1.29, 1.82) is 0 Å². The van der Waals surface area contributed by atoms with E-state index in [4.69, 9.17) is 11.6 Å². The van der Waals surface area contributed by atoms with Crippen molar-refractivity contribution < 1.29 is 8.78 Å². The first-order valence-corrected chi connectivity index (χ1v) is 6.92. The summed E-state index contributed by atoms with van der Waals surface area (Å²) in [5, 5.41) is 7.85. The summed E-state index contributed by atoms with van der Waals surface area (Å²) in [7, 11) is 0. The molecule has 0 amide bonds. The van der Waals surface area contributed by atoms with Crippen LogP contribution in [0.1, 0.15) is 25.2 Å². The van der Waals surface area contributed by atoms with E-state index in [9.17, 15) is 8.78 Å². The second-order valence-corrected chi connectivity index (χ2v) is 5.40. The Kier molecular flexibility index (Phi) is 4.38. The van der Waals surface area contributed by atoms with Gasteiger partial charge < -0.3 is 4.57 Å². The Morgan fingerprint density at radius 2 is 1.95 bits per heavy atom. The molecular weight excluding hydrogens is 284 g/mol. The molecule has 1 aromatic carbocycles. The summed E-state index contributed by atoms with van der Waals surface area (Å²) in [6.07, 6.45) is 0. The van der Waals surface area contributed by atoms with Crippen LogP contribution in [0.3, 0.4) is 0 Å². The Labute approximate surface area is 121 Å². The molecule has 108 valence electrons. The van der Waals surface area contributed by atoms with E-state index in [1.54, 1.807) is 11.5 Å². The minimum atomic E-state index is -0.647. The van der Waals surface area contributed by atoms with Crippen molar-refractivity contribution in [2.45, 2.75) is 33.2 Å². The zero-order chi connectivity index (χ0) is 14.9. The largest absolute Gasteiger partial charge is 0.310 e. The summed E-state index contributed by atoms with van der Waals surface area (Å²) < 4.78 is 29.9. The van der Waals surface area contributed by atoms with Crippen LogP contribution in [0.25, 0.3) is 11.4 Å². The van der Waals surface area contributed by atoms with Crippen molar-refractivity contribution >= 4 is 11.6 Å². The lowest BCUT2D eigenvalue weighted by Crippen LogP contribution is -2.10. The summed E-state index contributed by atoms with van der Waals surface area (Å²) in [5.74, 6) is -0.129. The van der Waals surface area contributed by atoms with Gasteiger partial charge in [-0.3, -0.25) is 0 Å². The fourth-order valence-corrected chi connectivity index (χ4v) is 2.24. The van der Waals surface area contributed by atoms with Crippen LogP contribution in [0.2, 0.25) is 0 Å². The molecule has 0 aliphatic rings. The molecular formula is C14H16ClF2N3. The predicted molar refractivity (Wildman–Crippen MR) is 74.5 cm³/mol. The number of halogens is 3. The average Bonchev–Trinajstić information content (AvgIpc) is 2.77. The number of hydrogen-bond acceptors (Lipinski definition) is 2. The van der Waals surface area contributed by atoms with Crippen molar-refractivity contribution in [1.82, 2.24) is 14.8 Å². The first-order valence-electron chi connectivity index (χ1n) is 6.38. The lowest BCUT2D eigenvalue weighted by molar-refractivity contribution is 0.511. The molecule has 0 radical (unpaired) electrons. The molecule has 0 aliphatic carbocycles. The predicted octanol–water partition coefficient (Wildman–Crippen LogP) is 3.93. The van der Waals surface area contributed by atoms with Crippen LogP contribution in [0, 0.1) is 24.5 Å². The number of aromatic nitrogens is 3. The molecule has 20 heavy (non-hydrogen) atoms. The average molecular weight is 300 g/mol. The van der Waals surface area contributed by atoms with Crippen molar-refractivity contribution in [3.8, 4) is 11.4 Å². The maximum Gasteiger partial charge on any atom is 0.169 e. The van der Waals surface area contributed by atoms with E-state index < -0.39 is 11.6 Å². The normalized spacial score (nSPS) is 11.3. The third kappa shape index (κ3) is 2.68. The fourth-order valence-electron chi connectivity index (χ4n) is 2.04. The highest BCUT2D eigenvalue weighted by Gasteiger charge is 2.21. The van der Waals surface area contributed by atoms with Gasteiger partial charge in [0, 0.05) is 6.54 Å². The number of nitrogens with zero attached hydrogens (tertiary/aromatic N) is 3. The topological polar surface area (TPSA) is 30.7 Å². The fraction of sp³-hybridized carbons (Fsp3) is 0.429. The van der Waals surface area contributed by atoms with Gasteiger partial charge in [0.25, 0.3) is 0 Å². The van der Waals surface area contributed by atoms with Crippen LogP contribution < -0.4 is 0 Å². The molecule has 2 aromatic rings. The molecule has 0 spiro atoms. The maximum atomic E-state index is 14.2. The van der Waals surface area contributed by atoms with Gasteiger partial charge in [0.15, 0.2) is 5.82 Å². The van der Waals surface area contributed by atoms with Gasteiger partial charge in [-0.25, -0.2) is 8.78 Å². The molecule has 1 heterocycles. The smallest absolute Gasteiger partial charge is 0.169 e. The van der Waals surface area contributed by atoms with Crippen molar-refractivity contribution in [3.63, 3.8) is 0 Å². The zero-order valence-corrected chi connectivity index (χ0v) is 12.4. The lowest BCUT2D eigenvalue weighted by atomic mass is 10.1. The highest BCUT2D eigenvalue weighted by Crippen LogP contribution is 2.28. The molecule has 0 saturated heterocycles.